The van der Waals surface area contributed by atoms with Crippen molar-refractivity contribution in [3.8, 4) is 0 Å². The van der Waals surface area contributed by atoms with Gasteiger partial charge in [0.05, 0.1) is 6.54 Å². The number of amides is 2. The SMILES string of the molecule is O=C1CN(C2CCN3CCCC3C2)C(=O)C(C2CC2)N1. The summed E-state index contributed by atoms with van der Waals surface area (Å²) in [5, 5.41) is 2.90. The number of piperazine rings is 1. The zero-order valence-corrected chi connectivity index (χ0v) is 11.9. The molecule has 1 aliphatic carbocycles. The van der Waals surface area contributed by atoms with Crippen molar-refractivity contribution in [1.82, 2.24) is 15.1 Å². The molecular formula is C15H23N3O2. The van der Waals surface area contributed by atoms with Crippen LogP contribution in [0.4, 0.5) is 0 Å². The summed E-state index contributed by atoms with van der Waals surface area (Å²) < 4.78 is 0. The van der Waals surface area contributed by atoms with E-state index >= 15 is 0 Å². The Labute approximate surface area is 119 Å². The van der Waals surface area contributed by atoms with Gasteiger partial charge in [-0.1, -0.05) is 0 Å². The lowest BCUT2D eigenvalue weighted by Gasteiger charge is -2.43. The summed E-state index contributed by atoms with van der Waals surface area (Å²) in [6.07, 6.45) is 6.83. The summed E-state index contributed by atoms with van der Waals surface area (Å²) in [6.45, 7) is 2.59. The predicted octanol–water partition coefficient (Wildman–Crippen LogP) is 0.350. The molecule has 2 amide bonds. The summed E-state index contributed by atoms with van der Waals surface area (Å²) in [6, 6.07) is 0.706. The number of nitrogens with one attached hydrogen (secondary N) is 1. The first-order valence-corrected chi connectivity index (χ1v) is 8.06. The van der Waals surface area contributed by atoms with Gasteiger partial charge in [-0.05, 0) is 51.0 Å². The van der Waals surface area contributed by atoms with Gasteiger partial charge in [0.15, 0.2) is 0 Å². The summed E-state index contributed by atoms with van der Waals surface area (Å²) in [5.41, 5.74) is 0. The number of hydrogen-bond donors (Lipinski definition) is 1. The Balaban J connectivity index is 1.48. The summed E-state index contributed by atoms with van der Waals surface area (Å²) in [4.78, 5) is 29.0. The molecule has 110 valence electrons. The zero-order chi connectivity index (χ0) is 13.7. The number of hydrogen-bond acceptors (Lipinski definition) is 3. The van der Waals surface area contributed by atoms with E-state index in [-0.39, 0.29) is 30.4 Å². The van der Waals surface area contributed by atoms with E-state index in [0.717, 1.165) is 32.2 Å². The maximum Gasteiger partial charge on any atom is 0.246 e. The Bertz CT molecular complexity index is 435. The van der Waals surface area contributed by atoms with Gasteiger partial charge in [0.2, 0.25) is 11.8 Å². The van der Waals surface area contributed by atoms with Crippen LogP contribution >= 0.6 is 0 Å². The number of piperidine rings is 1. The molecule has 1 saturated carbocycles. The molecule has 0 spiro atoms. The third-order valence-electron chi connectivity index (χ3n) is 5.51. The van der Waals surface area contributed by atoms with E-state index < -0.39 is 0 Å². The van der Waals surface area contributed by atoms with Crippen molar-refractivity contribution in [3.05, 3.63) is 0 Å². The minimum atomic E-state index is -0.224. The molecule has 3 unspecified atom stereocenters. The second kappa shape index (κ2) is 4.72. The van der Waals surface area contributed by atoms with Crippen LogP contribution in [0.1, 0.15) is 38.5 Å². The quantitative estimate of drug-likeness (QED) is 0.792. The van der Waals surface area contributed by atoms with Gasteiger partial charge in [0.25, 0.3) is 0 Å². The number of carbonyl (C=O) groups excluding carboxylic acids is 2. The summed E-state index contributed by atoms with van der Waals surface area (Å²) >= 11 is 0. The van der Waals surface area contributed by atoms with Gasteiger partial charge in [-0.3, -0.25) is 9.59 Å². The van der Waals surface area contributed by atoms with Crippen LogP contribution in [-0.2, 0) is 9.59 Å². The van der Waals surface area contributed by atoms with Gasteiger partial charge < -0.3 is 15.1 Å². The molecule has 3 saturated heterocycles. The van der Waals surface area contributed by atoms with Crippen LogP contribution in [0.25, 0.3) is 0 Å². The Morgan fingerprint density at radius 1 is 1.00 bits per heavy atom. The van der Waals surface area contributed by atoms with Crippen molar-refractivity contribution < 1.29 is 9.59 Å². The van der Waals surface area contributed by atoms with Crippen molar-refractivity contribution in [2.45, 2.75) is 56.7 Å². The predicted molar refractivity (Wildman–Crippen MR) is 74.0 cm³/mol. The highest BCUT2D eigenvalue weighted by molar-refractivity contribution is 5.95. The second-order valence-corrected chi connectivity index (χ2v) is 6.86. The van der Waals surface area contributed by atoms with E-state index in [1.807, 2.05) is 4.90 Å². The van der Waals surface area contributed by atoms with Crippen LogP contribution in [0.5, 0.6) is 0 Å². The van der Waals surface area contributed by atoms with E-state index in [2.05, 4.69) is 10.2 Å². The van der Waals surface area contributed by atoms with Crippen molar-refractivity contribution in [1.29, 1.82) is 0 Å². The van der Waals surface area contributed by atoms with Crippen molar-refractivity contribution in [2.75, 3.05) is 19.6 Å². The molecule has 0 bridgehead atoms. The molecule has 0 aromatic carbocycles. The Kier molecular flexibility index (Phi) is 2.98. The Hall–Kier alpha value is -1.10. The molecule has 4 rings (SSSR count). The lowest BCUT2D eigenvalue weighted by Crippen LogP contribution is -2.63. The zero-order valence-electron chi connectivity index (χ0n) is 11.9. The van der Waals surface area contributed by atoms with Gasteiger partial charge in [0.1, 0.15) is 6.04 Å². The molecule has 4 fully saturated rings. The molecule has 0 aromatic heterocycles. The first-order chi connectivity index (χ1) is 9.72. The maximum absolute atomic E-state index is 12.6. The fourth-order valence-corrected chi connectivity index (χ4v) is 4.24. The number of nitrogens with zero attached hydrogens (tertiary/aromatic N) is 2. The molecule has 5 heteroatoms. The third-order valence-corrected chi connectivity index (χ3v) is 5.51. The second-order valence-electron chi connectivity index (χ2n) is 6.86. The third kappa shape index (κ3) is 2.12. The van der Waals surface area contributed by atoms with E-state index in [4.69, 9.17) is 0 Å². The number of rotatable bonds is 2. The Morgan fingerprint density at radius 3 is 2.65 bits per heavy atom. The summed E-state index contributed by atoms with van der Waals surface area (Å²) in [5.74, 6) is 0.625. The molecular weight excluding hydrogens is 254 g/mol. The first kappa shape index (κ1) is 12.6. The van der Waals surface area contributed by atoms with Crippen LogP contribution < -0.4 is 5.32 Å². The minimum Gasteiger partial charge on any atom is -0.342 e. The highest BCUT2D eigenvalue weighted by atomic mass is 16.2. The van der Waals surface area contributed by atoms with E-state index in [0.29, 0.717) is 12.0 Å². The highest BCUT2D eigenvalue weighted by Gasteiger charge is 2.45. The van der Waals surface area contributed by atoms with Crippen LogP contribution in [0.15, 0.2) is 0 Å². The molecule has 3 atom stereocenters. The van der Waals surface area contributed by atoms with Crippen LogP contribution in [0.2, 0.25) is 0 Å². The largest absolute Gasteiger partial charge is 0.342 e. The number of fused-ring (bicyclic) bond motifs is 1. The van der Waals surface area contributed by atoms with E-state index in [1.165, 1.54) is 19.4 Å². The lowest BCUT2D eigenvalue weighted by molar-refractivity contribution is -0.148. The van der Waals surface area contributed by atoms with E-state index in [1.54, 1.807) is 0 Å². The number of carbonyl (C=O) groups is 2. The molecule has 0 aromatic rings. The van der Waals surface area contributed by atoms with Gasteiger partial charge in [-0.15, -0.1) is 0 Å². The fourth-order valence-electron chi connectivity index (χ4n) is 4.24. The van der Waals surface area contributed by atoms with Gasteiger partial charge in [-0.25, -0.2) is 0 Å². The minimum absolute atomic E-state index is 0.0374. The molecule has 3 heterocycles. The molecule has 4 aliphatic rings. The molecule has 20 heavy (non-hydrogen) atoms. The van der Waals surface area contributed by atoms with Crippen LogP contribution in [0, 0.1) is 5.92 Å². The molecule has 1 N–H and O–H groups in total. The van der Waals surface area contributed by atoms with Crippen molar-refractivity contribution in [3.63, 3.8) is 0 Å². The highest BCUT2D eigenvalue weighted by Crippen LogP contribution is 2.36. The standard InChI is InChI=1S/C15H23N3O2/c19-13-9-18(15(20)14(16-13)10-3-4-10)12-5-7-17-6-1-2-11(17)8-12/h10-12,14H,1-9H2,(H,16,19). The lowest BCUT2D eigenvalue weighted by atomic mass is 9.94. The first-order valence-electron chi connectivity index (χ1n) is 8.06. The van der Waals surface area contributed by atoms with Gasteiger partial charge in [0, 0.05) is 18.6 Å². The smallest absolute Gasteiger partial charge is 0.246 e. The molecule has 5 nitrogen and oxygen atoms in total. The molecule has 0 radical (unpaired) electrons. The average molecular weight is 277 g/mol. The maximum atomic E-state index is 12.6. The average Bonchev–Trinajstić information content (AvgIpc) is 3.18. The van der Waals surface area contributed by atoms with E-state index in [9.17, 15) is 9.59 Å². The van der Waals surface area contributed by atoms with Gasteiger partial charge in [-0.2, -0.15) is 0 Å². The monoisotopic (exact) mass is 277 g/mol. The topological polar surface area (TPSA) is 52.7 Å². The van der Waals surface area contributed by atoms with Crippen LogP contribution in [0.3, 0.4) is 0 Å². The van der Waals surface area contributed by atoms with Gasteiger partial charge >= 0.3 is 0 Å². The fraction of sp³-hybridized carbons (Fsp3) is 0.867. The normalized spacial score (nSPS) is 38.8. The van der Waals surface area contributed by atoms with Crippen LogP contribution in [-0.4, -0.2) is 59.4 Å². The Morgan fingerprint density at radius 2 is 1.85 bits per heavy atom. The summed E-state index contributed by atoms with van der Waals surface area (Å²) in [7, 11) is 0. The molecule has 3 aliphatic heterocycles. The van der Waals surface area contributed by atoms with Crippen molar-refractivity contribution >= 4 is 11.8 Å². The van der Waals surface area contributed by atoms with Crippen molar-refractivity contribution in [2.24, 2.45) is 5.92 Å².